The second-order valence-electron chi connectivity index (χ2n) is 10.2. The quantitative estimate of drug-likeness (QED) is 0.381. The highest BCUT2D eigenvalue weighted by Crippen LogP contribution is 2.54. The van der Waals surface area contributed by atoms with Crippen LogP contribution < -0.4 is 19.7 Å². The molecule has 37 heavy (non-hydrogen) atoms. The molecule has 2 heterocycles. The van der Waals surface area contributed by atoms with Gasteiger partial charge in [0.15, 0.2) is 0 Å². The van der Waals surface area contributed by atoms with E-state index in [-0.39, 0.29) is 17.8 Å². The SMILES string of the molecule is CSc1ccc(NC(=O)c2cnc(NS(=O)(=O)CCO)cc2N2CCC3(CC2)CC3)cc1OC1CCC1. The lowest BCUT2D eigenvalue weighted by atomic mass is 9.93. The molecular weight excluding hydrogens is 512 g/mol. The first-order valence-electron chi connectivity index (χ1n) is 12.8. The highest BCUT2D eigenvalue weighted by atomic mass is 32.2. The number of sulfonamides is 1. The van der Waals surface area contributed by atoms with Crippen LogP contribution in [0.15, 0.2) is 35.4 Å². The number of aliphatic hydroxyl groups excluding tert-OH is 1. The third-order valence-electron chi connectivity index (χ3n) is 7.64. The van der Waals surface area contributed by atoms with Crippen LogP contribution in [0, 0.1) is 5.41 Å². The summed E-state index contributed by atoms with van der Waals surface area (Å²) in [5.41, 5.74) is 2.11. The molecule has 1 amide bonds. The van der Waals surface area contributed by atoms with Gasteiger partial charge < -0.3 is 20.1 Å². The van der Waals surface area contributed by atoms with Crippen molar-refractivity contribution in [3.63, 3.8) is 0 Å². The van der Waals surface area contributed by atoms with Crippen LogP contribution in [0.3, 0.4) is 0 Å². The fourth-order valence-corrected chi connectivity index (χ4v) is 6.16. The average Bonchev–Trinajstić information content (AvgIpc) is 3.60. The highest BCUT2D eigenvalue weighted by Gasteiger charge is 2.44. The van der Waals surface area contributed by atoms with Crippen molar-refractivity contribution >= 4 is 44.9 Å². The molecule has 0 atom stereocenters. The van der Waals surface area contributed by atoms with Gasteiger partial charge in [-0.05, 0) is 68.7 Å². The Morgan fingerprint density at radius 1 is 1.22 bits per heavy atom. The van der Waals surface area contributed by atoms with Gasteiger partial charge in [0.2, 0.25) is 10.0 Å². The smallest absolute Gasteiger partial charge is 0.259 e. The van der Waals surface area contributed by atoms with Gasteiger partial charge in [0.25, 0.3) is 5.91 Å². The number of ether oxygens (including phenoxy) is 1. The number of carbonyl (C=O) groups excluding carboxylic acids is 1. The van der Waals surface area contributed by atoms with E-state index in [0.29, 0.717) is 22.4 Å². The summed E-state index contributed by atoms with van der Waals surface area (Å²) in [5.74, 6) is 0.168. The number of aliphatic hydroxyl groups is 1. The van der Waals surface area contributed by atoms with E-state index in [2.05, 4.69) is 19.9 Å². The Morgan fingerprint density at radius 2 is 1.97 bits per heavy atom. The van der Waals surface area contributed by atoms with E-state index in [1.807, 2.05) is 24.5 Å². The number of carbonyl (C=O) groups is 1. The third kappa shape index (κ3) is 6.15. The summed E-state index contributed by atoms with van der Waals surface area (Å²) in [7, 11) is -3.74. The maximum Gasteiger partial charge on any atom is 0.259 e. The molecule has 200 valence electrons. The molecule has 3 fully saturated rings. The maximum atomic E-state index is 13.5. The number of benzene rings is 1. The normalized spacial score (nSPS) is 18.8. The molecule has 0 unspecified atom stereocenters. The molecule has 1 saturated heterocycles. The molecule has 1 aromatic heterocycles. The van der Waals surface area contributed by atoms with Gasteiger partial charge in [0.05, 0.1) is 29.7 Å². The number of anilines is 3. The van der Waals surface area contributed by atoms with E-state index in [0.717, 1.165) is 49.4 Å². The molecule has 0 radical (unpaired) electrons. The number of thioether (sulfide) groups is 1. The molecule has 9 nitrogen and oxygen atoms in total. The number of amides is 1. The van der Waals surface area contributed by atoms with Gasteiger partial charge in [-0.2, -0.15) is 0 Å². The predicted molar refractivity (Wildman–Crippen MR) is 146 cm³/mol. The molecule has 3 N–H and O–H groups in total. The number of rotatable bonds is 10. The molecule has 2 aromatic rings. The van der Waals surface area contributed by atoms with Gasteiger partial charge >= 0.3 is 0 Å². The number of aromatic nitrogens is 1. The van der Waals surface area contributed by atoms with E-state index in [9.17, 15) is 13.2 Å². The minimum Gasteiger partial charge on any atom is -0.489 e. The lowest BCUT2D eigenvalue weighted by Gasteiger charge is -2.35. The zero-order chi connectivity index (χ0) is 26.0. The number of nitrogens with zero attached hydrogens (tertiary/aromatic N) is 2. The summed E-state index contributed by atoms with van der Waals surface area (Å²) in [4.78, 5) is 20.9. The second-order valence-corrected chi connectivity index (χ2v) is 12.9. The summed E-state index contributed by atoms with van der Waals surface area (Å²) in [6.45, 7) is 1.11. The number of piperidine rings is 1. The van der Waals surface area contributed by atoms with Gasteiger partial charge in [0.1, 0.15) is 11.6 Å². The molecule has 2 aliphatic carbocycles. The van der Waals surface area contributed by atoms with Gasteiger partial charge in [0, 0.05) is 42.0 Å². The summed E-state index contributed by atoms with van der Waals surface area (Å²) in [6, 6.07) is 7.30. The van der Waals surface area contributed by atoms with Crippen molar-refractivity contribution in [3.05, 3.63) is 36.0 Å². The molecule has 11 heteroatoms. The van der Waals surface area contributed by atoms with Crippen molar-refractivity contribution in [1.82, 2.24) is 4.98 Å². The summed E-state index contributed by atoms with van der Waals surface area (Å²) >= 11 is 1.61. The Balaban J connectivity index is 1.39. The lowest BCUT2D eigenvalue weighted by molar-refractivity contribution is 0.102. The predicted octanol–water partition coefficient (Wildman–Crippen LogP) is 4.10. The van der Waals surface area contributed by atoms with Crippen LogP contribution in [0.5, 0.6) is 5.75 Å². The Kier molecular flexibility index (Phi) is 7.56. The molecule has 0 bridgehead atoms. The van der Waals surface area contributed by atoms with Crippen LogP contribution in [0.2, 0.25) is 0 Å². The Labute approximate surface area is 222 Å². The van der Waals surface area contributed by atoms with Crippen LogP contribution in [0.4, 0.5) is 17.2 Å². The molecule has 5 rings (SSSR count). The van der Waals surface area contributed by atoms with Gasteiger partial charge in [-0.3, -0.25) is 9.52 Å². The zero-order valence-electron chi connectivity index (χ0n) is 21.0. The van der Waals surface area contributed by atoms with Crippen molar-refractivity contribution in [2.24, 2.45) is 5.41 Å². The molecule has 2 saturated carbocycles. The van der Waals surface area contributed by atoms with Crippen LogP contribution in [-0.2, 0) is 10.0 Å². The monoisotopic (exact) mass is 546 g/mol. The number of hydrogen-bond donors (Lipinski definition) is 3. The van der Waals surface area contributed by atoms with Crippen molar-refractivity contribution in [3.8, 4) is 5.75 Å². The fraction of sp³-hybridized carbons (Fsp3) is 0.538. The first-order valence-corrected chi connectivity index (χ1v) is 15.7. The minimum absolute atomic E-state index is 0.132. The van der Waals surface area contributed by atoms with E-state index in [1.165, 1.54) is 25.5 Å². The Morgan fingerprint density at radius 3 is 2.59 bits per heavy atom. The van der Waals surface area contributed by atoms with E-state index in [1.54, 1.807) is 17.8 Å². The Hall–Kier alpha value is -2.50. The summed E-state index contributed by atoms with van der Waals surface area (Å²) in [6.07, 6.45) is 11.5. The molecule has 1 aromatic carbocycles. The average molecular weight is 547 g/mol. The van der Waals surface area contributed by atoms with Crippen LogP contribution in [0.1, 0.15) is 55.3 Å². The zero-order valence-corrected chi connectivity index (χ0v) is 22.7. The lowest BCUT2D eigenvalue weighted by Crippen LogP contribution is -2.36. The number of pyridine rings is 1. The maximum absolute atomic E-state index is 13.5. The first kappa shape index (κ1) is 26.1. The third-order valence-corrected chi connectivity index (χ3v) is 9.65. The van der Waals surface area contributed by atoms with E-state index < -0.39 is 22.4 Å². The summed E-state index contributed by atoms with van der Waals surface area (Å²) in [5, 5.41) is 12.0. The molecule has 1 aliphatic heterocycles. The number of nitrogens with one attached hydrogen (secondary N) is 2. The fourth-order valence-electron chi connectivity index (χ4n) is 4.88. The van der Waals surface area contributed by atoms with Gasteiger partial charge in [-0.1, -0.05) is 0 Å². The van der Waals surface area contributed by atoms with Crippen LogP contribution in [-0.4, -0.2) is 62.2 Å². The molecular formula is C26H34N4O5S2. The van der Waals surface area contributed by atoms with Crippen molar-refractivity contribution in [1.29, 1.82) is 0 Å². The van der Waals surface area contributed by atoms with Crippen molar-refractivity contribution in [2.75, 3.05) is 46.6 Å². The van der Waals surface area contributed by atoms with Gasteiger partial charge in [-0.15, -0.1) is 11.8 Å². The summed E-state index contributed by atoms with van der Waals surface area (Å²) < 4.78 is 33.0. The van der Waals surface area contributed by atoms with Crippen molar-refractivity contribution < 1.29 is 23.1 Å². The standard InChI is InChI=1S/C26H34N4O5S2/c1-36-23-6-5-18(15-22(23)35-19-3-2-4-19)28-25(32)20-17-27-24(29-37(33,34)14-13-31)16-21(20)30-11-9-26(7-8-26)10-12-30/h5-6,15-17,19,31H,2-4,7-14H2,1H3,(H,27,29)(H,28,32). The molecule has 1 spiro atoms. The van der Waals surface area contributed by atoms with Crippen LogP contribution in [0.25, 0.3) is 0 Å². The van der Waals surface area contributed by atoms with Gasteiger partial charge in [-0.25, -0.2) is 13.4 Å². The minimum atomic E-state index is -3.74. The second kappa shape index (κ2) is 10.7. The van der Waals surface area contributed by atoms with E-state index in [4.69, 9.17) is 9.84 Å². The van der Waals surface area contributed by atoms with E-state index >= 15 is 0 Å². The largest absolute Gasteiger partial charge is 0.489 e. The topological polar surface area (TPSA) is 121 Å². The first-order chi connectivity index (χ1) is 17.8. The Bertz CT molecular complexity index is 1250. The number of hydrogen-bond acceptors (Lipinski definition) is 8. The molecule has 3 aliphatic rings. The van der Waals surface area contributed by atoms with Crippen LogP contribution >= 0.6 is 11.8 Å². The highest BCUT2D eigenvalue weighted by molar-refractivity contribution is 7.98. The van der Waals surface area contributed by atoms with Crippen molar-refractivity contribution in [2.45, 2.75) is 55.9 Å².